The van der Waals surface area contributed by atoms with E-state index in [1.807, 2.05) is 39.0 Å². The first-order valence-corrected chi connectivity index (χ1v) is 9.90. The molecule has 3 aromatic rings. The molecule has 3 rings (SSSR count). The molecule has 0 spiro atoms. The third-order valence-corrected chi connectivity index (χ3v) is 6.60. The van der Waals surface area contributed by atoms with Crippen LogP contribution in [0.4, 0.5) is 13.2 Å². The topological polar surface area (TPSA) is 35.4 Å². The highest BCUT2D eigenvalue weighted by atomic mass is 32.2. The van der Waals surface area contributed by atoms with E-state index < -0.39 is 27.8 Å². The van der Waals surface area contributed by atoms with Gasteiger partial charge in [-0.05, 0) is 58.0 Å². The molecule has 0 saturated heterocycles. The van der Waals surface area contributed by atoms with Crippen molar-refractivity contribution in [3.8, 4) is 0 Å². The molecule has 1 heterocycles. The largest absolute Gasteiger partial charge is 0.591 e. The number of halogens is 3. The van der Waals surface area contributed by atoms with Crippen LogP contribution < -0.4 is 0 Å². The van der Waals surface area contributed by atoms with Crippen molar-refractivity contribution in [2.75, 3.05) is 0 Å². The number of hydrogen-bond acceptors (Lipinski definition) is 3. The summed E-state index contributed by atoms with van der Waals surface area (Å²) >= 11 is 0.0596. The Hall–Kier alpha value is -1.57. The predicted octanol–water partition coefficient (Wildman–Crippen LogP) is 6.34. The number of rotatable bonds is 2. The zero-order valence-electron chi connectivity index (χ0n) is 14.8. The Morgan fingerprint density at radius 3 is 2.15 bits per heavy atom. The molecule has 1 atom stereocenters. The summed E-state index contributed by atoms with van der Waals surface area (Å²) in [5, 5.41) is 1.33. The van der Waals surface area contributed by atoms with Crippen LogP contribution in [0.15, 0.2) is 40.8 Å². The van der Waals surface area contributed by atoms with Gasteiger partial charge in [-0.15, -0.1) is 11.3 Å². The van der Waals surface area contributed by atoms with E-state index >= 15 is 0 Å². The van der Waals surface area contributed by atoms with Gasteiger partial charge in [0, 0.05) is 25.7 Å². The molecule has 138 valence electrons. The van der Waals surface area contributed by atoms with E-state index in [2.05, 4.69) is 4.40 Å². The lowest BCUT2D eigenvalue weighted by atomic mass is 10.1. The minimum atomic E-state index is -4.37. The van der Waals surface area contributed by atoms with Gasteiger partial charge in [0.05, 0.1) is 11.3 Å². The standard InChI is InChI=1S/C19H18F3NOS2/c1-11(23-26(24)18(2,3)4)12-5-7-16-14(9-12)15-10-13(19(20,21)22)6-8-17(15)25-16/h5-10H,1-4H3/t26-/m1/s1. The van der Waals surface area contributed by atoms with Crippen molar-refractivity contribution in [1.29, 1.82) is 0 Å². The van der Waals surface area contributed by atoms with Crippen LogP contribution in [0, 0.1) is 0 Å². The minimum Gasteiger partial charge on any atom is -0.591 e. The fourth-order valence-corrected chi connectivity index (χ4v) is 4.19. The normalized spacial score (nSPS) is 15.0. The van der Waals surface area contributed by atoms with Crippen LogP contribution in [0.1, 0.15) is 38.8 Å². The Labute approximate surface area is 157 Å². The van der Waals surface area contributed by atoms with Gasteiger partial charge in [0.2, 0.25) is 0 Å². The summed E-state index contributed by atoms with van der Waals surface area (Å²) in [7, 11) is 0. The van der Waals surface area contributed by atoms with E-state index in [0.29, 0.717) is 11.1 Å². The van der Waals surface area contributed by atoms with E-state index in [1.54, 1.807) is 6.92 Å². The van der Waals surface area contributed by atoms with Crippen LogP contribution in [-0.2, 0) is 17.5 Å². The summed E-state index contributed by atoms with van der Waals surface area (Å²) in [5.41, 5.74) is 0.702. The number of hydrogen-bond donors (Lipinski definition) is 0. The van der Waals surface area contributed by atoms with Gasteiger partial charge in [-0.3, -0.25) is 0 Å². The monoisotopic (exact) mass is 397 g/mol. The van der Waals surface area contributed by atoms with Crippen LogP contribution in [0.3, 0.4) is 0 Å². The molecule has 0 radical (unpaired) electrons. The van der Waals surface area contributed by atoms with Gasteiger partial charge >= 0.3 is 6.18 Å². The van der Waals surface area contributed by atoms with E-state index in [0.717, 1.165) is 26.4 Å². The average Bonchev–Trinajstić information content (AvgIpc) is 2.89. The van der Waals surface area contributed by atoms with Crippen LogP contribution in [-0.4, -0.2) is 15.0 Å². The van der Waals surface area contributed by atoms with E-state index in [-0.39, 0.29) is 0 Å². The third kappa shape index (κ3) is 3.75. The summed E-state index contributed by atoms with van der Waals surface area (Å²) in [4.78, 5) is 0. The molecule has 2 nitrogen and oxygen atoms in total. The Bertz CT molecular complexity index is 1000. The molecule has 0 bridgehead atoms. The Morgan fingerprint density at radius 1 is 1.00 bits per heavy atom. The summed E-state index contributed by atoms with van der Waals surface area (Å²) < 4.78 is 56.8. The second-order valence-electron chi connectivity index (χ2n) is 7.06. The zero-order chi connectivity index (χ0) is 19.3. The molecule has 2 aromatic carbocycles. The van der Waals surface area contributed by atoms with E-state index in [9.17, 15) is 17.7 Å². The van der Waals surface area contributed by atoms with Gasteiger partial charge in [-0.1, -0.05) is 10.5 Å². The molecule has 0 aliphatic rings. The second kappa shape index (κ2) is 6.55. The molecule has 7 heteroatoms. The Balaban J connectivity index is 2.12. The molecule has 26 heavy (non-hydrogen) atoms. The van der Waals surface area contributed by atoms with Crippen LogP contribution in [0.5, 0.6) is 0 Å². The summed E-state index contributed by atoms with van der Waals surface area (Å²) in [6.45, 7) is 7.29. The SMILES string of the molecule is CC(=N[S@+]([O-])C(C)(C)C)c1ccc2sc3ccc(C(F)(F)F)cc3c2c1. The van der Waals surface area contributed by atoms with Gasteiger partial charge < -0.3 is 4.55 Å². The number of alkyl halides is 3. The van der Waals surface area contributed by atoms with E-state index in [1.165, 1.54) is 23.5 Å². The molecule has 0 N–H and O–H groups in total. The van der Waals surface area contributed by atoms with Gasteiger partial charge in [0.15, 0.2) is 0 Å². The van der Waals surface area contributed by atoms with Crippen molar-refractivity contribution in [3.63, 3.8) is 0 Å². The minimum absolute atomic E-state index is 0.470. The molecular weight excluding hydrogens is 379 g/mol. The fourth-order valence-electron chi connectivity index (χ4n) is 2.49. The van der Waals surface area contributed by atoms with Crippen LogP contribution in [0.25, 0.3) is 20.2 Å². The zero-order valence-corrected chi connectivity index (χ0v) is 16.4. The Morgan fingerprint density at radius 2 is 1.58 bits per heavy atom. The number of nitrogens with zero attached hydrogens (tertiary/aromatic N) is 1. The molecule has 0 fully saturated rings. The molecule has 1 aromatic heterocycles. The van der Waals surface area contributed by atoms with E-state index in [4.69, 9.17) is 0 Å². The van der Waals surface area contributed by atoms with Crippen LogP contribution in [0.2, 0.25) is 0 Å². The predicted molar refractivity (Wildman–Crippen MR) is 104 cm³/mol. The highest BCUT2D eigenvalue weighted by Crippen LogP contribution is 2.38. The van der Waals surface area contributed by atoms with Crippen molar-refractivity contribution in [1.82, 2.24) is 0 Å². The number of fused-ring (bicyclic) bond motifs is 3. The van der Waals surface area contributed by atoms with Crippen LogP contribution >= 0.6 is 11.3 Å². The maximum absolute atomic E-state index is 13.0. The smallest absolute Gasteiger partial charge is 0.416 e. The lowest BCUT2D eigenvalue weighted by molar-refractivity contribution is -0.137. The fraction of sp³-hybridized carbons (Fsp3) is 0.316. The number of thiophene rings is 1. The van der Waals surface area contributed by atoms with Gasteiger partial charge in [-0.2, -0.15) is 13.2 Å². The summed E-state index contributed by atoms with van der Waals surface area (Å²) in [6, 6.07) is 9.38. The average molecular weight is 397 g/mol. The summed E-state index contributed by atoms with van der Waals surface area (Å²) in [6.07, 6.45) is -4.37. The van der Waals surface area contributed by atoms with Gasteiger partial charge in [0.25, 0.3) is 0 Å². The Kier molecular flexibility index (Phi) is 4.83. The van der Waals surface area contributed by atoms with Crippen molar-refractivity contribution in [2.45, 2.75) is 38.6 Å². The lowest BCUT2D eigenvalue weighted by Gasteiger charge is -2.18. The molecule has 0 amide bonds. The molecule has 0 aliphatic carbocycles. The lowest BCUT2D eigenvalue weighted by Crippen LogP contribution is -2.26. The first kappa shape index (κ1) is 19.2. The highest BCUT2D eigenvalue weighted by Gasteiger charge is 2.31. The highest BCUT2D eigenvalue weighted by molar-refractivity contribution is 7.91. The molecule has 0 saturated carbocycles. The maximum atomic E-state index is 13.0. The molecular formula is C19H18F3NOS2. The maximum Gasteiger partial charge on any atom is 0.416 e. The first-order valence-electron chi connectivity index (χ1n) is 7.98. The molecule has 0 unspecified atom stereocenters. The third-order valence-electron chi connectivity index (χ3n) is 3.96. The quantitative estimate of drug-likeness (QED) is 0.367. The summed E-state index contributed by atoms with van der Waals surface area (Å²) in [5.74, 6) is 0. The van der Waals surface area contributed by atoms with Crippen molar-refractivity contribution in [3.05, 3.63) is 47.5 Å². The van der Waals surface area contributed by atoms with Gasteiger partial charge in [0.1, 0.15) is 16.1 Å². The van der Waals surface area contributed by atoms with Crippen molar-refractivity contribution in [2.24, 2.45) is 4.40 Å². The first-order chi connectivity index (χ1) is 12.0. The van der Waals surface area contributed by atoms with Gasteiger partial charge in [-0.25, -0.2) is 0 Å². The second-order valence-corrected chi connectivity index (χ2v) is 10.0. The number of benzene rings is 2. The van der Waals surface area contributed by atoms with Crippen molar-refractivity contribution >= 4 is 48.6 Å². The van der Waals surface area contributed by atoms with Crippen molar-refractivity contribution < 1.29 is 17.7 Å². The molecule has 0 aliphatic heterocycles.